The fourth-order valence-electron chi connectivity index (χ4n) is 3.47. The molecule has 0 aliphatic heterocycles. The summed E-state index contributed by atoms with van der Waals surface area (Å²) in [5.41, 5.74) is 1.95. The first-order chi connectivity index (χ1) is 12.4. The van der Waals surface area contributed by atoms with E-state index in [1.165, 1.54) is 17.3 Å². The second kappa shape index (κ2) is 7.54. The minimum atomic E-state index is -0.886. The molecular formula is C21H23NO3S. The molecule has 1 aliphatic carbocycles. The maximum absolute atomic E-state index is 12.7. The molecule has 0 bridgehead atoms. The number of nitrogens with one attached hydrogen (secondary N) is 1. The molecule has 5 heteroatoms. The van der Waals surface area contributed by atoms with Crippen molar-refractivity contribution in [1.29, 1.82) is 0 Å². The van der Waals surface area contributed by atoms with Crippen molar-refractivity contribution < 1.29 is 14.7 Å². The topological polar surface area (TPSA) is 66.4 Å². The number of hydrogen-bond donors (Lipinski definition) is 2. The molecule has 2 aromatic carbocycles. The molecule has 136 valence electrons. The van der Waals surface area contributed by atoms with E-state index in [-0.39, 0.29) is 17.4 Å². The number of carboxylic acids is 1. The molecule has 0 heterocycles. The van der Waals surface area contributed by atoms with E-state index in [1.54, 1.807) is 25.1 Å². The third-order valence-corrected chi connectivity index (χ3v) is 6.15. The molecule has 3 rings (SSSR count). The summed E-state index contributed by atoms with van der Waals surface area (Å²) in [5, 5.41) is 11.6. The quantitative estimate of drug-likeness (QED) is 0.752. The van der Waals surface area contributed by atoms with Crippen molar-refractivity contribution in [1.82, 2.24) is 5.32 Å². The van der Waals surface area contributed by atoms with Gasteiger partial charge in [-0.1, -0.05) is 49.4 Å². The van der Waals surface area contributed by atoms with Crippen LogP contribution in [0.5, 0.6) is 0 Å². The highest BCUT2D eigenvalue weighted by molar-refractivity contribution is 8.00. The molecule has 1 saturated carbocycles. The van der Waals surface area contributed by atoms with Gasteiger partial charge in [-0.3, -0.25) is 9.59 Å². The Morgan fingerprint density at radius 2 is 1.73 bits per heavy atom. The van der Waals surface area contributed by atoms with Crippen LogP contribution < -0.4 is 5.32 Å². The van der Waals surface area contributed by atoms with Gasteiger partial charge >= 0.3 is 5.97 Å². The molecule has 0 radical (unpaired) electrons. The summed E-state index contributed by atoms with van der Waals surface area (Å²) in [6, 6.07) is 17.7. The summed E-state index contributed by atoms with van der Waals surface area (Å²) in [7, 11) is 0. The predicted octanol–water partition coefficient (Wildman–Crippen LogP) is 4.10. The lowest BCUT2D eigenvalue weighted by Gasteiger charge is -2.46. The van der Waals surface area contributed by atoms with Crippen molar-refractivity contribution in [3.05, 3.63) is 65.7 Å². The zero-order valence-corrected chi connectivity index (χ0v) is 15.8. The Morgan fingerprint density at radius 3 is 2.38 bits per heavy atom. The lowest BCUT2D eigenvalue weighted by molar-refractivity contribution is -0.136. The first-order valence-corrected chi connectivity index (χ1v) is 9.62. The molecule has 0 saturated heterocycles. The van der Waals surface area contributed by atoms with Gasteiger partial charge < -0.3 is 10.4 Å². The highest BCUT2D eigenvalue weighted by Crippen LogP contribution is 2.43. The normalized spacial score (nSPS) is 22.9. The van der Waals surface area contributed by atoms with Crippen molar-refractivity contribution in [3.8, 4) is 0 Å². The molecule has 4 nitrogen and oxygen atoms in total. The van der Waals surface area contributed by atoms with Gasteiger partial charge in [-0.05, 0) is 42.9 Å². The lowest BCUT2D eigenvalue weighted by Crippen LogP contribution is -2.51. The fourth-order valence-corrected chi connectivity index (χ4v) is 4.39. The van der Waals surface area contributed by atoms with Crippen molar-refractivity contribution in [2.45, 2.75) is 48.3 Å². The molecule has 0 aromatic heterocycles. The molecular weight excluding hydrogens is 346 g/mol. The van der Waals surface area contributed by atoms with Crippen LogP contribution in [0, 0.1) is 0 Å². The van der Waals surface area contributed by atoms with Crippen molar-refractivity contribution in [2.24, 2.45) is 0 Å². The Labute approximate surface area is 158 Å². The summed E-state index contributed by atoms with van der Waals surface area (Å²) < 4.78 is 0. The van der Waals surface area contributed by atoms with Gasteiger partial charge in [-0.15, -0.1) is 11.8 Å². The second-order valence-corrected chi connectivity index (χ2v) is 8.48. The molecule has 1 amide bonds. The summed E-state index contributed by atoms with van der Waals surface area (Å²) in [5.74, 6) is -1.02. The van der Waals surface area contributed by atoms with Crippen molar-refractivity contribution >= 4 is 23.6 Å². The van der Waals surface area contributed by atoms with Crippen LogP contribution >= 0.6 is 11.8 Å². The minimum absolute atomic E-state index is 0.102. The van der Waals surface area contributed by atoms with E-state index in [0.717, 1.165) is 12.8 Å². The Bertz CT molecular complexity index is 800. The standard InChI is InChI=1S/C21H23NO3S/c1-14(20(24)25)26-18-11-7-6-10-17(18)19(23)22-16-12-21(2,13-16)15-8-4-3-5-9-15/h3-11,14,16H,12-13H2,1-2H3,(H,22,23)(H,24,25). The van der Waals surface area contributed by atoms with Crippen LogP contribution in [0.15, 0.2) is 59.5 Å². The lowest BCUT2D eigenvalue weighted by atomic mass is 9.63. The Hall–Kier alpha value is -2.27. The monoisotopic (exact) mass is 369 g/mol. The van der Waals surface area contributed by atoms with Gasteiger partial charge in [0.25, 0.3) is 5.91 Å². The largest absolute Gasteiger partial charge is 0.480 e. The maximum atomic E-state index is 12.7. The van der Waals surface area contributed by atoms with Gasteiger partial charge in [0, 0.05) is 10.9 Å². The maximum Gasteiger partial charge on any atom is 0.316 e. The third-order valence-electron chi connectivity index (χ3n) is 4.98. The third kappa shape index (κ3) is 3.93. The van der Waals surface area contributed by atoms with Crippen molar-refractivity contribution in [2.75, 3.05) is 0 Å². The second-order valence-electron chi connectivity index (χ2n) is 7.10. The summed E-state index contributed by atoms with van der Waals surface area (Å²) in [6.07, 6.45) is 1.81. The predicted molar refractivity (Wildman–Crippen MR) is 104 cm³/mol. The molecule has 0 spiro atoms. The number of carbonyl (C=O) groups is 2. The molecule has 1 atom stereocenters. The molecule has 1 aliphatic rings. The zero-order chi connectivity index (χ0) is 18.7. The fraction of sp³-hybridized carbons (Fsp3) is 0.333. The number of benzene rings is 2. The summed E-state index contributed by atoms with van der Waals surface area (Å²) in [4.78, 5) is 24.5. The van der Waals surface area contributed by atoms with Crippen LogP contribution in [0.3, 0.4) is 0 Å². The number of rotatable bonds is 6. The first-order valence-electron chi connectivity index (χ1n) is 8.74. The zero-order valence-electron chi connectivity index (χ0n) is 14.9. The number of amides is 1. The molecule has 26 heavy (non-hydrogen) atoms. The Kier molecular flexibility index (Phi) is 5.37. The smallest absolute Gasteiger partial charge is 0.316 e. The van der Waals surface area contributed by atoms with Gasteiger partial charge in [-0.25, -0.2) is 0 Å². The highest BCUT2D eigenvalue weighted by Gasteiger charge is 2.42. The minimum Gasteiger partial charge on any atom is -0.480 e. The van der Waals surface area contributed by atoms with Gasteiger partial charge in [0.15, 0.2) is 0 Å². The van der Waals surface area contributed by atoms with E-state index in [1.807, 2.05) is 24.3 Å². The summed E-state index contributed by atoms with van der Waals surface area (Å²) in [6.45, 7) is 3.85. The number of carboxylic acid groups (broad SMARTS) is 1. The average Bonchev–Trinajstić information content (AvgIpc) is 2.61. The number of carbonyl (C=O) groups excluding carboxylic acids is 1. The van der Waals surface area contributed by atoms with E-state index in [0.29, 0.717) is 10.5 Å². The van der Waals surface area contributed by atoms with Crippen LogP contribution in [0.2, 0.25) is 0 Å². The van der Waals surface area contributed by atoms with Crippen LogP contribution in [0.25, 0.3) is 0 Å². The molecule has 1 fully saturated rings. The van der Waals surface area contributed by atoms with Crippen molar-refractivity contribution in [3.63, 3.8) is 0 Å². The summed E-state index contributed by atoms with van der Waals surface area (Å²) >= 11 is 1.20. The van der Waals surface area contributed by atoms with Gasteiger partial charge in [-0.2, -0.15) is 0 Å². The molecule has 2 aromatic rings. The van der Waals surface area contributed by atoms with E-state index < -0.39 is 11.2 Å². The van der Waals surface area contributed by atoms with Crippen LogP contribution in [0.4, 0.5) is 0 Å². The van der Waals surface area contributed by atoms with Crippen LogP contribution in [0.1, 0.15) is 42.6 Å². The van der Waals surface area contributed by atoms with Crippen LogP contribution in [-0.2, 0) is 10.2 Å². The van der Waals surface area contributed by atoms with E-state index >= 15 is 0 Å². The average molecular weight is 369 g/mol. The van der Waals surface area contributed by atoms with Gasteiger partial charge in [0.2, 0.25) is 0 Å². The highest BCUT2D eigenvalue weighted by atomic mass is 32.2. The molecule has 2 N–H and O–H groups in total. The Balaban J connectivity index is 1.64. The van der Waals surface area contributed by atoms with E-state index in [2.05, 4.69) is 24.4 Å². The number of thioether (sulfide) groups is 1. The van der Waals surface area contributed by atoms with E-state index in [4.69, 9.17) is 5.11 Å². The number of hydrogen-bond acceptors (Lipinski definition) is 3. The molecule has 1 unspecified atom stereocenters. The first kappa shape index (κ1) is 18.5. The SMILES string of the molecule is CC(Sc1ccccc1C(=O)NC1CC(C)(c2ccccc2)C1)C(=O)O. The van der Waals surface area contributed by atoms with Gasteiger partial charge in [0.1, 0.15) is 5.25 Å². The van der Waals surface area contributed by atoms with Gasteiger partial charge in [0.05, 0.1) is 5.56 Å². The Morgan fingerprint density at radius 1 is 1.12 bits per heavy atom. The number of aliphatic carboxylic acids is 1. The van der Waals surface area contributed by atoms with E-state index in [9.17, 15) is 9.59 Å². The van der Waals surface area contributed by atoms with Crippen LogP contribution in [-0.4, -0.2) is 28.3 Å².